The molecule has 0 aliphatic rings. The number of benzene rings is 1. The van der Waals surface area contributed by atoms with Crippen molar-refractivity contribution in [3.8, 4) is 0 Å². The highest BCUT2D eigenvalue weighted by Crippen LogP contribution is 2.16. The van der Waals surface area contributed by atoms with Crippen LogP contribution in [0.15, 0.2) is 27.7 Å². The monoisotopic (exact) mass is 358 g/mol. The van der Waals surface area contributed by atoms with Crippen molar-refractivity contribution in [3.63, 3.8) is 0 Å². The van der Waals surface area contributed by atoms with Gasteiger partial charge in [-0.2, -0.15) is 0 Å². The minimum atomic E-state index is -0.582. The maximum atomic E-state index is 13.8. The number of carbonyl (C=O) groups is 1. The molecular weight excluding hydrogens is 339 g/mol. The number of hydrogen-bond donors (Lipinski definition) is 1. The van der Waals surface area contributed by atoms with E-state index in [4.69, 9.17) is 4.74 Å². The molecule has 0 aliphatic heterocycles. The minimum Gasteiger partial charge on any atom is -0.444 e. The van der Waals surface area contributed by atoms with E-state index in [2.05, 4.69) is 26.2 Å². The van der Waals surface area contributed by atoms with Gasteiger partial charge in [0.05, 0.1) is 6.04 Å². The van der Waals surface area contributed by atoms with Gasteiger partial charge in [-0.25, -0.2) is 9.18 Å². The average Bonchev–Trinajstić information content (AvgIpc) is 2.30. The third-order valence-electron chi connectivity index (χ3n) is 2.49. The molecule has 0 saturated heterocycles. The van der Waals surface area contributed by atoms with Gasteiger partial charge in [-0.1, -0.05) is 22.0 Å². The quantitative estimate of drug-likeness (QED) is 0.833. The molecule has 1 N–H and O–H groups in total. The predicted octanol–water partition coefficient (Wildman–Crippen LogP) is 3.72. The summed E-state index contributed by atoms with van der Waals surface area (Å²) >= 11 is 3.21. The smallest absolute Gasteiger partial charge is 0.408 e. The highest BCUT2D eigenvalue weighted by molar-refractivity contribution is 9.10. The lowest BCUT2D eigenvalue weighted by atomic mass is 10.1. The molecule has 21 heavy (non-hydrogen) atoms. The lowest BCUT2D eigenvalue weighted by molar-refractivity contribution is 0.0519. The van der Waals surface area contributed by atoms with Crippen molar-refractivity contribution in [2.75, 3.05) is 7.05 Å². The molecule has 0 radical (unpaired) electrons. The fourth-order valence-electron chi connectivity index (χ4n) is 1.70. The van der Waals surface area contributed by atoms with Crippen LogP contribution in [0.1, 0.15) is 26.3 Å². The van der Waals surface area contributed by atoms with Gasteiger partial charge in [-0.3, -0.25) is 4.99 Å². The van der Waals surface area contributed by atoms with E-state index in [0.717, 1.165) is 0 Å². The number of nitrogens with zero attached hydrogens (tertiary/aromatic N) is 1. The van der Waals surface area contributed by atoms with Gasteiger partial charge in [-0.15, -0.1) is 0 Å². The number of alkyl carbamates (subject to hydrolysis) is 1. The van der Waals surface area contributed by atoms with Gasteiger partial charge in [0.1, 0.15) is 11.4 Å². The highest BCUT2D eigenvalue weighted by atomic mass is 79.9. The molecule has 0 bridgehead atoms. The summed E-state index contributed by atoms with van der Waals surface area (Å²) in [7, 11) is 1.60. The number of ether oxygens (including phenoxy) is 1. The molecule has 0 unspecified atom stereocenters. The summed E-state index contributed by atoms with van der Waals surface area (Å²) in [6.07, 6.45) is 1.31. The van der Waals surface area contributed by atoms with E-state index in [-0.39, 0.29) is 5.82 Å². The summed E-state index contributed by atoms with van der Waals surface area (Å²) in [6.45, 7) is 5.34. The van der Waals surface area contributed by atoms with E-state index >= 15 is 0 Å². The van der Waals surface area contributed by atoms with Crippen molar-refractivity contribution >= 4 is 28.2 Å². The van der Waals surface area contributed by atoms with Crippen LogP contribution in [-0.4, -0.2) is 31.0 Å². The van der Waals surface area contributed by atoms with Crippen LogP contribution in [0.4, 0.5) is 9.18 Å². The van der Waals surface area contributed by atoms with Gasteiger partial charge in [0.2, 0.25) is 0 Å². The van der Waals surface area contributed by atoms with E-state index in [1.165, 1.54) is 6.07 Å². The van der Waals surface area contributed by atoms with Gasteiger partial charge in [0.25, 0.3) is 0 Å². The Hall–Kier alpha value is -1.43. The van der Waals surface area contributed by atoms with Crippen molar-refractivity contribution in [3.05, 3.63) is 34.1 Å². The number of amides is 1. The summed E-state index contributed by atoms with van der Waals surface area (Å²) < 4.78 is 19.7. The standard InChI is InChI=1S/C15H20BrFN2O2/c1-15(2,3)21-14(20)19-12(9-18-4)7-10-5-6-11(16)8-13(10)17/h5-6,8-9,12H,7H2,1-4H3,(H,19,20)/b18-9+/t12-/m0/s1. The SMILES string of the molecule is C/N=C/[C@H](Cc1ccc(Br)cc1F)NC(=O)OC(C)(C)C. The summed E-state index contributed by atoms with van der Waals surface area (Å²) in [4.78, 5) is 15.7. The van der Waals surface area contributed by atoms with Crippen molar-refractivity contribution in [2.45, 2.75) is 38.8 Å². The van der Waals surface area contributed by atoms with E-state index < -0.39 is 17.7 Å². The van der Waals surface area contributed by atoms with Gasteiger partial charge in [0.15, 0.2) is 0 Å². The molecule has 0 aromatic heterocycles. The van der Waals surface area contributed by atoms with E-state index in [1.54, 1.807) is 46.2 Å². The van der Waals surface area contributed by atoms with Gasteiger partial charge in [-0.05, 0) is 38.5 Å². The molecule has 0 fully saturated rings. The molecule has 6 heteroatoms. The van der Waals surface area contributed by atoms with E-state index in [9.17, 15) is 9.18 Å². The summed E-state index contributed by atoms with van der Waals surface area (Å²) in [5, 5.41) is 2.68. The summed E-state index contributed by atoms with van der Waals surface area (Å²) in [6, 6.07) is 4.39. The van der Waals surface area contributed by atoms with Crippen molar-refractivity contribution < 1.29 is 13.9 Å². The fourth-order valence-corrected chi connectivity index (χ4v) is 2.04. The Bertz CT molecular complexity index is 527. The third-order valence-corrected chi connectivity index (χ3v) is 2.98. The number of carbonyl (C=O) groups excluding carboxylic acids is 1. The molecule has 1 rings (SSSR count). The predicted molar refractivity (Wildman–Crippen MR) is 85.4 cm³/mol. The topological polar surface area (TPSA) is 50.7 Å². The molecule has 116 valence electrons. The third kappa shape index (κ3) is 6.71. The van der Waals surface area contributed by atoms with Gasteiger partial charge in [0, 0.05) is 24.2 Å². The van der Waals surface area contributed by atoms with Crippen LogP contribution in [0.25, 0.3) is 0 Å². The molecule has 4 nitrogen and oxygen atoms in total. The van der Waals surface area contributed by atoms with Crippen LogP contribution in [0.5, 0.6) is 0 Å². The van der Waals surface area contributed by atoms with Crippen LogP contribution < -0.4 is 5.32 Å². The second-order valence-electron chi connectivity index (χ2n) is 5.60. The second kappa shape index (κ2) is 7.54. The Morgan fingerprint density at radius 1 is 1.52 bits per heavy atom. The van der Waals surface area contributed by atoms with Crippen LogP contribution in [-0.2, 0) is 11.2 Å². The molecule has 0 spiro atoms. The summed E-state index contributed by atoms with van der Waals surface area (Å²) in [5.41, 5.74) is -0.0833. The number of aliphatic imine (C=N–C) groups is 1. The first kappa shape index (κ1) is 17.6. The maximum Gasteiger partial charge on any atom is 0.408 e. The van der Waals surface area contributed by atoms with Crippen molar-refractivity contribution in [1.29, 1.82) is 0 Å². The lowest BCUT2D eigenvalue weighted by Crippen LogP contribution is -2.41. The molecule has 0 aliphatic carbocycles. The number of hydrogen-bond acceptors (Lipinski definition) is 3. The zero-order chi connectivity index (χ0) is 16.0. The summed E-state index contributed by atoms with van der Waals surface area (Å²) in [5.74, 6) is -0.329. The van der Waals surface area contributed by atoms with Crippen molar-refractivity contribution in [1.82, 2.24) is 5.32 Å². The number of nitrogens with one attached hydrogen (secondary N) is 1. The molecule has 1 atom stereocenters. The van der Waals surface area contributed by atoms with Gasteiger partial charge < -0.3 is 10.1 Å². The Morgan fingerprint density at radius 3 is 2.71 bits per heavy atom. The van der Waals surface area contributed by atoms with Gasteiger partial charge >= 0.3 is 6.09 Å². The Morgan fingerprint density at radius 2 is 2.19 bits per heavy atom. The lowest BCUT2D eigenvalue weighted by Gasteiger charge is -2.22. The molecule has 1 aromatic rings. The zero-order valence-corrected chi connectivity index (χ0v) is 14.2. The Kier molecular flexibility index (Phi) is 6.33. The van der Waals surface area contributed by atoms with Crippen LogP contribution in [0, 0.1) is 5.82 Å². The zero-order valence-electron chi connectivity index (χ0n) is 12.6. The molecular formula is C15H20BrFN2O2. The van der Waals surface area contributed by atoms with Crippen LogP contribution in [0.2, 0.25) is 0 Å². The second-order valence-corrected chi connectivity index (χ2v) is 6.52. The Labute approximate surface area is 132 Å². The molecule has 1 amide bonds. The normalized spacial score (nSPS) is 13.2. The first-order valence-corrected chi connectivity index (χ1v) is 7.36. The average molecular weight is 359 g/mol. The van der Waals surface area contributed by atoms with Crippen LogP contribution >= 0.6 is 15.9 Å². The molecule has 1 aromatic carbocycles. The number of halogens is 2. The van der Waals surface area contributed by atoms with Crippen LogP contribution in [0.3, 0.4) is 0 Å². The van der Waals surface area contributed by atoms with E-state index in [1.807, 2.05) is 0 Å². The fraction of sp³-hybridized carbons (Fsp3) is 0.467. The Balaban J connectivity index is 2.76. The molecule has 0 saturated carbocycles. The van der Waals surface area contributed by atoms with Crippen molar-refractivity contribution in [2.24, 2.45) is 4.99 Å². The largest absolute Gasteiger partial charge is 0.444 e. The maximum absolute atomic E-state index is 13.8. The molecule has 0 heterocycles. The number of rotatable bonds is 4. The highest BCUT2D eigenvalue weighted by Gasteiger charge is 2.19. The first-order valence-electron chi connectivity index (χ1n) is 6.57. The van der Waals surface area contributed by atoms with E-state index in [0.29, 0.717) is 16.5 Å². The first-order chi connectivity index (χ1) is 9.71. The minimum absolute atomic E-state index is 0.301.